The van der Waals surface area contributed by atoms with Crippen molar-refractivity contribution in [1.29, 1.82) is 0 Å². The first-order chi connectivity index (χ1) is 19.3. The van der Waals surface area contributed by atoms with E-state index in [2.05, 4.69) is 5.32 Å². The van der Waals surface area contributed by atoms with Crippen LogP contribution in [0.3, 0.4) is 0 Å². The summed E-state index contributed by atoms with van der Waals surface area (Å²) < 4.78 is 10.9. The third-order valence-corrected chi connectivity index (χ3v) is 9.10. The molecule has 3 aromatic rings. The summed E-state index contributed by atoms with van der Waals surface area (Å²) in [5, 5.41) is 1.96. The Hall–Kier alpha value is -3.88. The number of halogens is 2. The van der Waals surface area contributed by atoms with Crippen LogP contribution in [0.1, 0.15) is 16.8 Å². The Morgan fingerprint density at radius 2 is 1.45 bits per heavy atom. The number of imide groups is 1. The van der Waals surface area contributed by atoms with Crippen molar-refractivity contribution in [2.75, 3.05) is 16.8 Å². The van der Waals surface area contributed by atoms with Gasteiger partial charge in [0.15, 0.2) is 6.61 Å². The highest BCUT2D eigenvalue weighted by Gasteiger charge is 2.66. The average Bonchev–Trinajstić information content (AvgIpc) is 3.58. The third kappa shape index (κ3) is 4.71. The predicted octanol–water partition coefficient (Wildman–Crippen LogP) is 5.24. The van der Waals surface area contributed by atoms with Crippen molar-refractivity contribution in [3.05, 3.63) is 84.4 Å². The number of para-hydroxylation sites is 1. The van der Waals surface area contributed by atoms with Gasteiger partial charge in [0.05, 0.1) is 33.8 Å². The minimum absolute atomic E-state index is 0.110. The zero-order valence-electron chi connectivity index (χ0n) is 21.0. The molecule has 40 heavy (non-hydrogen) atoms. The lowest BCUT2D eigenvalue weighted by molar-refractivity contribution is -0.123. The number of carbonyl (C=O) groups is 4. The van der Waals surface area contributed by atoms with Crippen molar-refractivity contribution in [2.45, 2.75) is 17.2 Å². The Balaban J connectivity index is 1.06. The number of esters is 1. The summed E-state index contributed by atoms with van der Waals surface area (Å²) in [4.78, 5) is 52.7. The molecule has 204 valence electrons. The van der Waals surface area contributed by atoms with E-state index in [0.29, 0.717) is 23.6 Å². The van der Waals surface area contributed by atoms with E-state index in [1.54, 1.807) is 36.4 Å². The SMILES string of the molecule is O=C(COC(=O)c1cccc(N2C(=O)[C@@H]3[C@H]4C[C@@H]([C@H](Cl)[C@H]4Cl)[C@H]3C2=O)c1)Nc1ccc(Oc2ccccc2)cc1. The second-order valence-electron chi connectivity index (χ2n) is 10.1. The van der Waals surface area contributed by atoms with E-state index in [0.717, 1.165) is 4.90 Å². The number of fused-ring (bicyclic) bond motifs is 5. The summed E-state index contributed by atoms with van der Waals surface area (Å²) in [6.45, 7) is -0.519. The van der Waals surface area contributed by atoms with Gasteiger partial charge in [-0.1, -0.05) is 24.3 Å². The summed E-state index contributed by atoms with van der Waals surface area (Å²) in [6, 6.07) is 22.1. The lowest BCUT2D eigenvalue weighted by Gasteiger charge is -2.28. The third-order valence-electron chi connectivity index (χ3n) is 7.78. The first-order valence-corrected chi connectivity index (χ1v) is 13.7. The zero-order valence-corrected chi connectivity index (χ0v) is 22.5. The number of hydrogen-bond acceptors (Lipinski definition) is 6. The van der Waals surface area contributed by atoms with Crippen molar-refractivity contribution in [1.82, 2.24) is 0 Å². The molecule has 6 rings (SSSR count). The number of nitrogens with one attached hydrogen (secondary N) is 1. The Morgan fingerprint density at radius 3 is 2.10 bits per heavy atom. The Labute approximate surface area is 240 Å². The van der Waals surface area contributed by atoms with Gasteiger partial charge in [0.25, 0.3) is 5.91 Å². The number of benzene rings is 3. The van der Waals surface area contributed by atoms with E-state index < -0.39 is 30.3 Å². The lowest BCUT2D eigenvalue weighted by Crippen LogP contribution is -2.37. The minimum Gasteiger partial charge on any atom is -0.457 e. The van der Waals surface area contributed by atoms with Gasteiger partial charge < -0.3 is 14.8 Å². The molecule has 1 heterocycles. The highest BCUT2D eigenvalue weighted by Crippen LogP contribution is 2.59. The van der Waals surface area contributed by atoms with Crippen LogP contribution in [0.4, 0.5) is 11.4 Å². The summed E-state index contributed by atoms with van der Waals surface area (Å²) in [5.41, 5.74) is 0.893. The quantitative estimate of drug-likeness (QED) is 0.233. The van der Waals surface area contributed by atoms with E-state index in [4.69, 9.17) is 32.7 Å². The molecule has 10 heteroatoms. The van der Waals surface area contributed by atoms with Crippen molar-refractivity contribution < 1.29 is 28.7 Å². The Morgan fingerprint density at radius 1 is 0.825 bits per heavy atom. The van der Waals surface area contributed by atoms with E-state index in [-0.39, 0.29) is 45.7 Å². The minimum atomic E-state index is -0.760. The van der Waals surface area contributed by atoms with E-state index in [1.165, 1.54) is 12.1 Å². The molecule has 8 nitrogen and oxygen atoms in total. The van der Waals surface area contributed by atoms with Crippen molar-refractivity contribution >= 4 is 58.3 Å². The molecule has 0 aromatic heterocycles. The molecule has 2 aliphatic carbocycles. The molecule has 2 saturated carbocycles. The molecule has 3 aromatic carbocycles. The summed E-state index contributed by atoms with van der Waals surface area (Å²) in [6.07, 6.45) is 0.670. The lowest BCUT2D eigenvalue weighted by atomic mass is 9.80. The highest BCUT2D eigenvalue weighted by molar-refractivity contribution is 6.32. The van der Waals surface area contributed by atoms with Gasteiger partial charge in [-0.15, -0.1) is 23.2 Å². The number of rotatable bonds is 7. The van der Waals surface area contributed by atoms with Crippen LogP contribution in [0.2, 0.25) is 0 Å². The molecule has 1 saturated heterocycles. The van der Waals surface area contributed by atoms with Crippen LogP contribution in [0, 0.1) is 23.7 Å². The molecule has 3 fully saturated rings. The van der Waals surface area contributed by atoms with E-state index in [9.17, 15) is 19.2 Å². The number of amides is 3. The molecule has 6 atom stereocenters. The van der Waals surface area contributed by atoms with Crippen LogP contribution in [0.5, 0.6) is 11.5 Å². The highest BCUT2D eigenvalue weighted by atomic mass is 35.5. The van der Waals surface area contributed by atoms with Crippen molar-refractivity contribution in [3.8, 4) is 11.5 Å². The second-order valence-corrected chi connectivity index (χ2v) is 11.1. The standard InChI is InChI=1S/C30H24Cl2N2O6/c31-26-21-14-22(27(26)32)25-24(21)28(36)34(29(25)37)18-6-4-5-16(13-18)30(38)39-15-23(35)33-17-9-11-20(12-10-17)40-19-7-2-1-3-8-19/h1-13,21-22,24-27H,14-15H2,(H,33,35)/t21-,22-,24-,25-,26+,27+/m1/s1. The maximum atomic E-state index is 13.2. The van der Waals surface area contributed by atoms with Crippen LogP contribution >= 0.6 is 23.2 Å². The van der Waals surface area contributed by atoms with E-state index in [1.807, 2.05) is 30.3 Å². The van der Waals surface area contributed by atoms with Crippen LogP contribution in [-0.2, 0) is 19.1 Å². The second kappa shape index (κ2) is 10.6. The van der Waals surface area contributed by atoms with Crippen LogP contribution < -0.4 is 15.0 Å². The largest absolute Gasteiger partial charge is 0.457 e. The number of carbonyl (C=O) groups excluding carboxylic acids is 4. The van der Waals surface area contributed by atoms with Gasteiger partial charge in [0, 0.05) is 5.69 Å². The summed E-state index contributed by atoms with van der Waals surface area (Å²) in [5.74, 6) is -1.89. The van der Waals surface area contributed by atoms with Crippen molar-refractivity contribution in [2.24, 2.45) is 23.7 Å². The first-order valence-electron chi connectivity index (χ1n) is 12.9. The molecule has 3 aliphatic rings. The summed E-state index contributed by atoms with van der Waals surface area (Å²) >= 11 is 12.9. The molecule has 0 unspecified atom stereocenters. The number of nitrogens with zero attached hydrogens (tertiary/aromatic N) is 1. The molecule has 0 radical (unpaired) electrons. The number of ether oxygens (including phenoxy) is 2. The van der Waals surface area contributed by atoms with Gasteiger partial charge in [-0.25, -0.2) is 4.79 Å². The number of alkyl halides is 2. The number of anilines is 2. The fraction of sp³-hybridized carbons (Fsp3) is 0.267. The van der Waals surface area contributed by atoms with Crippen molar-refractivity contribution in [3.63, 3.8) is 0 Å². The predicted molar refractivity (Wildman–Crippen MR) is 149 cm³/mol. The van der Waals surface area contributed by atoms with Crippen LogP contribution in [0.15, 0.2) is 78.9 Å². The Kier molecular flexibility index (Phi) is 6.98. The maximum Gasteiger partial charge on any atom is 0.338 e. The Bertz CT molecular complexity index is 1450. The van der Waals surface area contributed by atoms with Crippen LogP contribution in [-0.4, -0.2) is 41.1 Å². The molecular weight excluding hydrogens is 555 g/mol. The molecule has 0 spiro atoms. The fourth-order valence-electron chi connectivity index (χ4n) is 6.02. The van der Waals surface area contributed by atoms with Gasteiger partial charge in [0.1, 0.15) is 11.5 Å². The maximum absolute atomic E-state index is 13.2. The number of hydrogen-bond donors (Lipinski definition) is 1. The molecule has 2 bridgehead atoms. The molecule has 3 amide bonds. The normalized spacial score (nSPS) is 26.5. The fourth-order valence-corrected chi connectivity index (χ4v) is 6.91. The van der Waals surface area contributed by atoms with Gasteiger partial charge in [-0.2, -0.15) is 0 Å². The summed E-state index contributed by atoms with van der Waals surface area (Å²) in [7, 11) is 0. The van der Waals surface area contributed by atoms with E-state index >= 15 is 0 Å². The van der Waals surface area contributed by atoms with Gasteiger partial charge >= 0.3 is 5.97 Å². The van der Waals surface area contributed by atoms with Gasteiger partial charge in [-0.05, 0) is 72.9 Å². The topological polar surface area (TPSA) is 102 Å². The smallest absolute Gasteiger partial charge is 0.338 e. The average molecular weight is 579 g/mol. The monoisotopic (exact) mass is 578 g/mol. The molecule has 1 aliphatic heterocycles. The van der Waals surface area contributed by atoms with Crippen LogP contribution in [0.25, 0.3) is 0 Å². The zero-order chi connectivity index (χ0) is 28.0. The van der Waals surface area contributed by atoms with Gasteiger partial charge in [0.2, 0.25) is 11.8 Å². The first kappa shape index (κ1) is 26.3. The molecular formula is C30H24Cl2N2O6. The van der Waals surface area contributed by atoms with Gasteiger partial charge in [-0.3, -0.25) is 19.3 Å². The molecule has 1 N–H and O–H groups in total.